The number of alkyl halides is 1. The van der Waals surface area contributed by atoms with E-state index >= 15 is 0 Å². The van der Waals surface area contributed by atoms with Crippen LogP contribution in [0, 0.1) is 5.92 Å². The first-order chi connectivity index (χ1) is 11.6. The van der Waals surface area contributed by atoms with Crippen LogP contribution in [0.25, 0.3) is 0 Å². The molecule has 0 aromatic heterocycles. The molecule has 144 valence electrons. The maximum atomic E-state index is 6.71. The zero-order chi connectivity index (χ0) is 18.9. The summed E-state index contributed by atoms with van der Waals surface area (Å²) in [6, 6.07) is 9.21. The summed E-state index contributed by atoms with van der Waals surface area (Å²) in [4.78, 5) is -0.102. The highest BCUT2D eigenvalue weighted by atomic mass is 35.5. The standard InChI is InChI=1S/C24H41Cl/c1-7-8-9-10-11-12-13-22(24(5,6)25)19-16-20-14-17-21(18-15-20)23(2,3)4/h14-15,17-18,22H,7-13,16,19H2,1-6H3. The summed E-state index contributed by atoms with van der Waals surface area (Å²) in [7, 11) is 0. The van der Waals surface area contributed by atoms with Gasteiger partial charge in [-0.25, -0.2) is 0 Å². The molecule has 1 rings (SSSR count). The fraction of sp³-hybridized carbons (Fsp3) is 0.750. The number of halogens is 1. The van der Waals surface area contributed by atoms with Crippen molar-refractivity contribution in [1.82, 2.24) is 0 Å². The summed E-state index contributed by atoms with van der Waals surface area (Å²) in [5.74, 6) is 0.600. The van der Waals surface area contributed by atoms with E-state index in [0.717, 1.165) is 6.42 Å². The van der Waals surface area contributed by atoms with Gasteiger partial charge in [0.15, 0.2) is 0 Å². The molecule has 0 amide bonds. The van der Waals surface area contributed by atoms with Gasteiger partial charge in [-0.1, -0.05) is 90.5 Å². The van der Waals surface area contributed by atoms with Crippen LogP contribution in [-0.2, 0) is 11.8 Å². The van der Waals surface area contributed by atoms with E-state index in [1.54, 1.807) is 0 Å². The minimum absolute atomic E-state index is 0.102. The first-order valence-corrected chi connectivity index (χ1v) is 10.8. The lowest BCUT2D eigenvalue weighted by Gasteiger charge is -2.29. The van der Waals surface area contributed by atoms with Crippen molar-refractivity contribution in [2.75, 3.05) is 0 Å². The molecule has 0 aliphatic rings. The van der Waals surface area contributed by atoms with Crippen LogP contribution in [-0.4, -0.2) is 4.87 Å². The second-order valence-corrected chi connectivity index (χ2v) is 10.3. The van der Waals surface area contributed by atoms with Gasteiger partial charge < -0.3 is 0 Å². The third-order valence-electron chi connectivity index (χ3n) is 5.48. The Morgan fingerprint density at radius 1 is 0.800 bits per heavy atom. The van der Waals surface area contributed by atoms with Crippen molar-refractivity contribution < 1.29 is 0 Å². The lowest BCUT2D eigenvalue weighted by atomic mass is 9.83. The first-order valence-electron chi connectivity index (χ1n) is 10.4. The van der Waals surface area contributed by atoms with Gasteiger partial charge in [-0.2, -0.15) is 0 Å². The maximum absolute atomic E-state index is 6.71. The molecule has 0 aliphatic carbocycles. The fourth-order valence-corrected chi connectivity index (χ4v) is 3.73. The van der Waals surface area contributed by atoms with Crippen molar-refractivity contribution >= 4 is 11.6 Å². The van der Waals surface area contributed by atoms with Gasteiger partial charge in [0, 0.05) is 4.87 Å². The SMILES string of the molecule is CCCCCCCCC(CCc1ccc(C(C)(C)C)cc1)C(C)(C)Cl. The molecule has 0 bridgehead atoms. The lowest BCUT2D eigenvalue weighted by Crippen LogP contribution is -2.25. The van der Waals surface area contributed by atoms with E-state index < -0.39 is 0 Å². The number of aryl methyl sites for hydroxylation is 1. The minimum Gasteiger partial charge on any atom is -0.120 e. The van der Waals surface area contributed by atoms with E-state index in [-0.39, 0.29) is 10.3 Å². The second-order valence-electron chi connectivity index (χ2n) is 9.30. The molecular formula is C24H41Cl. The predicted octanol–water partition coefficient (Wildman–Crippen LogP) is 8.30. The van der Waals surface area contributed by atoms with E-state index in [1.165, 1.54) is 62.5 Å². The Kier molecular flexibility index (Phi) is 9.57. The van der Waals surface area contributed by atoms with Crippen LogP contribution in [0.15, 0.2) is 24.3 Å². The highest BCUT2D eigenvalue weighted by Crippen LogP contribution is 2.33. The average molecular weight is 365 g/mol. The number of rotatable bonds is 11. The van der Waals surface area contributed by atoms with Crippen molar-refractivity contribution in [3.8, 4) is 0 Å². The number of hydrogen-bond donors (Lipinski definition) is 0. The van der Waals surface area contributed by atoms with Gasteiger partial charge in [0.1, 0.15) is 0 Å². The molecule has 1 unspecified atom stereocenters. The Balaban J connectivity index is 2.48. The normalized spacial score (nSPS) is 13.9. The van der Waals surface area contributed by atoms with Crippen LogP contribution < -0.4 is 0 Å². The van der Waals surface area contributed by atoms with E-state index in [4.69, 9.17) is 11.6 Å². The molecule has 0 N–H and O–H groups in total. The van der Waals surface area contributed by atoms with Crippen LogP contribution >= 0.6 is 11.6 Å². The summed E-state index contributed by atoms with van der Waals surface area (Å²) >= 11 is 6.71. The van der Waals surface area contributed by atoms with Crippen LogP contribution in [0.4, 0.5) is 0 Å². The minimum atomic E-state index is -0.102. The van der Waals surface area contributed by atoms with Gasteiger partial charge in [-0.05, 0) is 55.6 Å². The van der Waals surface area contributed by atoms with Crippen molar-refractivity contribution in [3.63, 3.8) is 0 Å². The van der Waals surface area contributed by atoms with E-state index in [0.29, 0.717) is 5.92 Å². The maximum Gasteiger partial charge on any atom is 0.0418 e. The topological polar surface area (TPSA) is 0 Å². The van der Waals surface area contributed by atoms with E-state index in [9.17, 15) is 0 Å². The zero-order valence-corrected chi connectivity index (χ0v) is 18.4. The molecule has 1 aromatic carbocycles. The largest absolute Gasteiger partial charge is 0.120 e. The summed E-state index contributed by atoms with van der Waals surface area (Å²) in [6.07, 6.45) is 11.8. The van der Waals surface area contributed by atoms with E-state index in [1.807, 2.05) is 0 Å². The quantitative estimate of drug-likeness (QED) is 0.273. The molecule has 1 atom stereocenters. The molecule has 25 heavy (non-hydrogen) atoms. The molecule has 0 heterocycles. The van der Waals surface area contributed by atoms with Gasteiger partial charge in [0.2, 0.25) is 0 Å². The predicted molar refractivity (Wildman–Crippen MR) is 115 cm³/mol. The molecule has 0 nitrogen and oxygen atoms in total. The van der Waals surface area contributed by atoms with Crippen LogP contribution in [0.5, 0.6) is 0 Å². The van der Waals surface area contributed by atoms with Gasteiger partial charge in [-0.3, -0.25) is 0 Å². The molecule has 0 saturated carbocycles. The third-order valence-corrected chi connectivity index (χ3v) is 5.79. The van der Waals surface area contributed by atoms with Gasteiger partial charge in [0.05, 0.1) is 0 Å². The lowest BCUT2D eigenvalue weighted by molar-refractivity contribution is 0.348. The molecule has 0 aliphatic heterocycles. The Labute approximate surface area is 162 Å². The number of hydrogen-bond acceptors (Lipinski definition) is 0. The molecule has 0 spiro atoms. The first kappa shape index (κ1) is 22.6. The molecular weight excluding hydrogens is 324 g/mol. The Hall–Kier alpha value is -0.490. The number of benzene rings is 1. The van der Waals surface area contributed by atoms with Crippen LogP contribution in [0.2, 0.25) is 0 Å². The summed E-state index contributed by atoms with van der Waals surface area (Å²) in [5.41, 5.74) is 3.09. The number of unbranched alkanes of at least 4 members (excludes halogenated alkanes) is 5. The monoisotopic (exact) mass is 364 g/mol. The van der Waals surface area contributed by atoms with Crippen molar-refractivity contribution in [3.05, 3.63) is 35.4 Å². The van der Waals surface area contributed by atoms with Crippen molar-refractivity contribution in [2.24, 2.45) is 5.92 Å². The zero-order valence-electron chi connectivity index (χ0n) is 17.6. The molecule has 0 radical (unpaired) electrons. The van der Waals surface area contributed by atoms with Gasteiger partial charge >= 0.3 is 0 Å². The van der Waals surface area contributed by atoms with Crippen LogP contribution in [0.3, 0.4) is 0 Å². The Morgan fingerprint density at radius 2 is 1.36 bits per heavy atom. The summed E-state index contributed by atoms with van der Waals surface area (Å²) in [6.45, 7) is 13.5. The molecule has 1 heteroatoms. The van der Waals surface area contributed by atoms with Crippen LogP contribution in [0.1, 0.15) is 104 Å². The smallest absolute Gasteiger partial charge is 0.0418 e. The van der Waals surface area contributed by atoms with Gasteiger partial charge in [0.25, 0.3) is 0 Å². The molecule has 1 aromatic rings. The molecule has 0 fully saturated rings. The Morgan fingerprint density at radius 3 is 1.88 bits per heavy atom. The van der Waals surface area contributed by atoms with Crippen molar-refractivity contribution in [2.45, 2.75) is 110 Å². The van der Waals surface area contributed by atoms with Crippen molar-refractivity contribution in [1.29, 1.82) is 0 Å². The second kappa shape index (κ2) is 10.6. The third kappa shape index (κ3) is 9.13. The summed E-state index contributed by atoms with van der Waals surface area (Å²) in [5, 5.41) is 0. The van der Waals surface area contributed by atoms with Gasteiger partial charge in [-0.15, -0.1) is 11.6 Å². The highest BCUT2D eigenvalue weighted by molar-refractivity contribution is 6.23. The van der Waals surface area contributed by atoms with E-state index in [2.05, 4.69) is 65.8 Å². The highest BCUT2D eigenvalue weighted by Gasteiger charge is 2.26. The Bertz CT molecular complexity index is 458. The fourth-order valence-electron chi connectivity index (χ4n) is 3.51. The molecule has 0 saturated heterocycles. The summed E-state index contributed by atoms with van der Waals surface area (Å²) < 4.78 is 0. The average Bonchev–Trinajstić information content (AvgIpc) is 2.51.